The summed E-state index contributed by atoms with van der Waals surface area (Å²) in [6.07, 6.45) is 0.279. The fourth-order valence-electron chi connectivity index (χ4n) is 1.85. The van der Waals surface area contributed by atoms with E-state index < -0.39 is 0 Å². The molecule has 0 aliphatic heterocycles. The van der Waals surface area contributed by atoms with Gasteiger partial charge in [-0.15, -0.1) is 16.4 Å². The Morgan fingerprint density at radius 1 is 1.29 bits per heavy atom. The monoisotopic (exact) mass is 304 g/mol. The van der Waals surface area contributed by atoms with Gasteiger partial charge in [-0.3, -0.25) is 0 Å². The van der Waals surface area contributed by atoms with E-state index in [9.17, 15) is 4.39 Å². The van der Waals surface area contributed by atoms with Crippen molar-refractivity contribution in [2.24, 2.45) is 0 Å². The van der Waals surface area contributed by atoms with Crippen molar-refractivity contribution >= 4 is 17.4 Å². The van der Waals surface area contributed by atoms with E-state index in [-0.39, 0.29) is 12.2 Å². The molecular weight excluding hydrogens is 291 g/mol. The van der Waals surface area contributed by atoms with Crippen LogP contribution in [-0.2, 0) is 13.0 Å². The van der Waals surface area contributed by atoms with E-state index in [1.54, 1.807) is 35.0 Å². The van der Waals surface area contributed by atoms with Gasteiger partial charge in [-0.1, -0.05) is 23.3 Å². The van der Waals surface area contributed by atoms with Gasteiger partial charge in [0.05, 0.1) is 24.2 Å². The van der Waals surface area contributed by atoms with Crippen LogP contribution in [0.3, 0.4) is 0 Å². The molecule has 0 spiro atoms. The molecule has 108 valence electrons. The minimum atomic E-state index is -0.273. The number of aromatic nitrogens is 3. The molecule has 0 unspecified atom stereocenters. The molecule has 7 heteroatoms. The first-order valence-electron chi connectivity index (χ1n) is 6.41. The van der Waals surface area contributed by atoms with Crippen molar-refractivity contribution in [3.63, 3.8) is 0 Å². The predicted molar refractivity (Wildman–Crippen MR) is 77.7 cm³/mol. The van der Waals surface area contributed by atoms with Gasteiger partial charge in [0, 0.05) is 4.88 Å². The molecule has 1 aromatic carbocycles. The Bertz CT molecular complexity index is 740. The van der Waals surface area contributed by atoms with Crippen LogP contribution in [0.2, 0.25) is 0 Å². The van der Waals surface area contributed by atoms with Crippen LogP contribution < -0.4 is 5.32 Å². The minimum absolute atomic E-state index is 0.273. The van der Waals surface area contributed by atoms with Gasteiger partial charge >= 0.3 is 6.01 Å². The summed E-state index contributed by atoms with van der Waals surface area (Å²) < 4.78 is 19.0. The predicted octanol–water partition coefficient (Wildman–Crippen LogP) is 3.18. The zero-order chi connectivity index (χ0) is 14.7. The maximum Gasteiger partial charge on any atom is 0.315 e. The number of nitrogens with one attached hydrogen (secondary N) is 1. The second-order valence-corrected chi connectivity index (χ2v) is 5.42. The highest BCUT2D eigenvalue weighted by Gasteiger charge is 2.10. The molecule has 1 N–H and O–H groups in total. The van der Waals surface area contributed by atoms with Crippen LogP contribution in [0.15, 0.2) is 34.2 Å². The van der Waals surface area contributed by atoms with Gasteiger partial charge in [0.1, 0.15) is 5.82 Å². The Morgan fingerprint density at radius 3 is 2.90 bits per heavy atom. The van der Waals surface area contributed by atoms with Crippen molar-refractivity contribution in [3.05, 3.63) is 57.6 Å². The van der Waals surface area contributed by atoms with Crippen LogP contribution in [0.25, 0.3) is 0 Å². The standard InChI is InChI=1S/C14H13FN4OS/c1-9-12(21-8-17-9)7-16-14-19-18-13(20-14)6-10-4-2-3-5-11(10)15/h2-5,8H,6-7H2,1H3,(H,16,19). The molecule has 0 aliphatic rings. The first-order valence-corrected chi connectivity index (χ1v) is 7.29. The molecule has 3 aromatic rings. The van der Waals surface area contributed by atoms with Crippen LogP contribution in [0.5, 0.6) is 0 Å². The number of thiazole rings is 1. The lowest BCUT2D eigenvalue weighted by atomic mass is 10.1. The number of aryl methyl sites for hydroxylation is 1. The maximum absolute atomic E-state index is 13.5. The Labute approximate surface area is 124 Å². The molecule has 0 saturated heterocycles. The smallest absolute Gasteiger partial charge is 0.315 e. The van der Waals surface area contributed by atoms with E-state index in [2.05, 4.69) is 20.5 Å². The third-order valence-electron chi connectivity index (χ3n) is 3.01. The molecule has 0 bridgehead atoms. The Kier molecular flexibility index (Phi) is 3.92. The molecule has 2 heterocycles. The van der Waals surface area contributed by atoms with E-state index in [0.29, 0.717) is 24.0 Å². The SMILES string of the molecule is Cc1ncsc1CNc1nnc(Cc2ccccc2F)o1. The van der Waals surface area contributed by atoms with Crippen LogP contribution in [0.1, 0.15) is 22.0 Å². The highest BCUT2D eigenvalue weighted by Crippen LogP contribution is 2.16. The fraction of sp³-hybridized carbons (Fsp3) is 0.214. The lowest BCUT2D eigenvalue weighted by molar-refractivity contribution is 0.510. The lowest BCUT2D eigenvalue weighted by Gasteiger charge is -1.99. The zero-order valence-electron chi connectivity index (χ0n) is 11.3. The average molecular weight is 304 g/mol. The zero-order valence-corrected chi connectivity index (χ0v) is 12.2. The maximum atomic E-state index is 13.5. The third-order valence-corrected chi connectivity index (χ3v) is 3.95. The molecular formula is C14H13FN4OS. The third kappa shape index (κ3) is 3.25. The molecule has 0 radical (unpaired) electrons. The largest absolute Gasteiger partial charge is 0.408 e. The molecule has 3 rings (SSSR count). The molecule has 0 aliphatic carbocycles. The fourth-order valence-corrected chi connectivity index (χ4v) is 2.57. The normalized spacial score (nSPS) is 10.8. The second kappa shape index (κ2) is 6.01. The van der Waals surface area contributed by atoms with Crippen molar-refractivity contribution in [3.8, 4) is 0 Å². The Balaban J connectivity index is 1.64. The summed E-state index contributed by atoms with van der Waals surface area (Å²) in [5.74, 6) is 0.106. The van der Waals surface area contributed by atoms with Crippen molar-refractivity contribution < 1.29 is 8.81 Å². The van der Waals surface area contributed by atoms with Gasteiger partial charge < -0.3 is 9.73 Å². The summed E-state index contributed by atoms with van der Waals surface area (Å²) in [5, 5.41) is 10.9. The van der Waals surface area contributed by atoms with Crippen molar-refractivity contribution in [2.75, 3.05) is 5.32 Å². The van der Waals surface area contributed by atoms with E-state index in [4.69, 9.17) is 4.42 Å². The van der Waals surface area contributed by atoms with Gasteiger partial charge in [-0.2, -0.15) is 0 Å². The summed E-state index contributed by atoms with van der Waals surface area (Å²) in [5.41, 5.74) is 3.31. The first kappa shape index (κ1) is 13.7. The highest BCUT2D eigenvalue weighted by molar-refractivity contribution is 7.09. The first-order chi connectivity index (χ1) is 10.2. The second-order valence-electron chi connectivity index (χ2n) is 4.48. The van der Waals surface area contributed by atoms with Crippen molar-refractivity contribution in [1.82, 2.24) is 15.2 Å². The summed E-state index contributed by atoms with van der Waals surface area (Å²) >= 11 is 1.57. The van der Waals surface area contributed by atoms with Gasteiger partial charge in [0.15, 0.2) is 0 Å². The van der Waals surface area contributed by atoms with Crippen molar-refractivity contribution in [2.45, 2.75) is 19.9 Å². The quantitative estimate of drug-likeness (QED) is 0.784. The summed E-state index contributed by atoms with van der Waals surface area (Å²) in [6.45, 7) is 2.53. The minimum Gasteiger partial charge on any atom is -0.408 e. The summed E-state index contributed by atoms with van der Waals surface area (Å²) in [4.78, 5) is 5.28. The van der Waals surface area contributed by atoms with Crippen LogP contribution >= 0.6 is 11.3 Å². The van der Waals surface area contributed by atoms with E-state index in [1.807, 2.05) is 6.92 Å². The highest BCUT2D eigenvalue weighted by atomic mass is 32.1. The van der Waals surface area contributed by atoms with E-state index in [1.165, 1.54) is 6.07 Å². The number of nitrogens with zero attached hydrogens (tertiary/aromatic N) is 3. The van der Waals surface area contributed by atoms with E-state index in [0.717, 1.165) is 10.6 Å². The van der Waals surface area contributed by atoms with Gasteiger partial charge in [-0.25, -0.2) is 9.37 Å². The van der Waals surface area contributed by atoms with Crippen LogP contribution in [0, 0.1) is 12.7 Å². The molecule has 0 atom stereocenters. The number of halogens is 1. The Morgan fingerprint density at radius 2 is 2.14 bits per heavy atom. The van der Waals surface area contributed by atoms with Gasteiger partial charge in [0.2, 0.25) is 5.89 Å². The van der Waals surface area contributed by atoms with Gasteiger partial charge in [-0.05, 0) is 18.6 Å². The number of anilines is 1. The van der Waals surface area contributed by atoms with E-state index >= 15 is 0 Å². The molecule has 0 saturated carbocycles. The lowest BCUT2D eigenvalue weighted by Crippen LogP contribution is -1.99. The van der Waals surface area contributed by atoms with Crippen LogP contribution in [0.4, 0.5) is 10.4 Å². The number of hydrogen-bond donors (Lipinski definition) is 1. The molecule has 21 heavy (non-hydrogen) atoms. The summed E-state index contributed by atoms with van der Waals surface area (Å²) in [7, 11) is 0. The summed E-state index contributed by atoms with van der Waals surface area (Å²) in [6, 6.07) is 6.87. The topological polar surface area (TPSA) is 63.8 Å². The molecule has 0 amide bonds. The number of hydrogen-bond acceptors (Lipinski definition) is 6. The van der Waals surface area contributed by atoms with Crippen molar-refractivity contribution in [1.29, 1.82) is 0 Å². The number of rotatable bonds is 5. The molecule has 2 aromatic heterocycles. The number of benzene rings is 1. The molecule has 0 fully saturated rings. The van der Waals surface area contributed by atoms with Crippen LogP contribution in [-0.4, -0.2) is 15.2 Å². The average Bonchev–Trinajstić information content (AvgIpc) is 3.08. The van der Waals surface area contributed by atoms with Gasteiger partial charge in [0.25, 0.3) is 0 Å². The Hall–Kier alpha value is -2.28. The molecule has 5 nitrogen and oxygen atoms in total.